The SMILES string of the molecule is COc1cccc(CC(C)N)c1OCc1cc(C)no1. The topological polar surface area (TPSA) is 70.5 Å². The third kappa shape index (κ3) is 3.51. The van der Waals surface area contributed by atoms with Gasteiger partial charge in [0, 0.05) is 12.1 Å². The fraction of sp³-hybridized carbons (Fsp3) is 0.400. The molecule has 1 atom stereocenters. The highest BCUT2D eigenvalue weighted by Gasteiger charge is 2.13. The molecular weight excluding hydrogens is 256 g/mol. The minimum atomic E-state index is 0.0528. The molecule has 0 saturated carbocycles. The predicted octanol–water partition coefficient (Wildman–Crippen LogP) is 2.46. The highest BCUT2D eigenvalue weighted by molar-refractivity contribution is 5.47. The number of aryl methyl sites for hydroxylation is 1. The third-order valence-corrected chi connectivity index (χ3v) is 2.86. The summed E-state index contributed by atoms with van der Waals surface area (Å²) in [5.74, 6) is 2.08. The minimum Gasteiger partial charge on any atom is -0.493 e. The van der Waals surface area contributed by atoms with Gasteiger partial charge >= 0.3 is 0 Å². The molecule has 20 heavy (non-hydrogen) atoms. The Morgan fingerprint density at radius 3 is 2.80 bits per heavy atom. The van der Waals surface area contributed by atoms with Crippen LogP contribution in [-0.2, 0) is 13.0 Å². The van der Waals surface area contributed by atoms with Crippen LogP contribution in [0.15, 0.2) is 28.8 Å². The molecule has 2 rings (SSSR count). The van der Waals surface area contributed by atoms with Gasteiger partial charge < -0.3 is 19.7 Å². The quantitative estimate of drug-likeness (QED) is 0.877. The van der Waals surface area contributed by atoms with Gasteiger partial charge in [-0.2, -0.15) is 0 Å². The molecule has 0 spiro atoms. The van der Waals surface area contributed by atoms with E-state index in [1.165, 1.54) is 0 Å². The number of nitrogens with two attached hydrogens (primary N) is 1. The van der Waals surface area contributed by atoms with Crippen molar-refractivity contribution in [2.45, 2.75) is 32.9 Å². The van der Waals surface area contributed by atoms with Gasteiger partial charge in [-0.15, -0.1) is 0 Å². The summed E-state index contributed by atoms with van der Waals surface area (Å²) in [6.45, 7) is 4.15. The first-order valence-corrected chi connectivity index (χ1v) is 6.56. The summed E-state index contributed by atoms with van der Waals surface area (Å²) in [6, 6.07) is 7.69. The number of nitrogens with zero attached hydrogens (tertiary/aromatic N) is 1. The molecule has 5 heteroatoms. The van der Waals surface area contributed by atoms with Crippen LogP contribution in [0, 0.1) is 6.92 Å². The highest BCUT2D eigenvalue weighted by atomic mass is 16.5. The van der Waals surface area contributed by atoms with Crippen LogP contribution in [0.5, 0.6) is 11.5 Å². The Hall–Kier alpha value is -2.01. The fourth-order valence-electron chi connectivity index (χ4n) is 2.02. The van der Waals surface area contributed by atoms with E-state index in [9.17, 15) is 0 Å². The largest absolute Gasteiger partial charge is 0.493 e. The van der Waals surface area contributed by atoms with Crippen molar-refractivity contribution >= 4 is 0 Å². The molecule has 0 amide bonds. The summed E-state index contributed by atoms with van der Waals surface area (Å²) >= 11 is 0. The minimum absolute atomic E-state index is 0.0528. The lowest BCUT2D eigenvalue weighted by atomic mass is 10.1. The zero-order chi connectivity index (χ0) is 14.5. The Kier molecular flexibility index (Phi) is 4.63. The highest BCUT2D eigenvalue weighted by Crippen LogP contribution is 2.32. The zero-order valence-electron chi connectivity index (χ0n) is 12.1. The summed E-state index contributed by atoms with van der Waals surface area (Å²) in [7, 11) is 1.62. The maximum atomic E-state index is 5.87. The number of benzene rings is 1. The maximum absolute atomic E-state index is 5.87. The first kappa shape index (κ1) is 14.4. The smallest absolute Gasteiger partial charge is 0.174 e. The first-order valence-electron chi connectivity index (χ1n) is 6.56. The second-order valence-electron chi connectivity index (χ2n) is 4.85. The second kappa shape index (κ2) is 6.43. The average molecular weight is 276 g/mol. The average Bonchev–Trinajstić information content (AvgIpc) is 2.82. The summed E-state index contributed by atoms with van der Waals surface area (Å²) in [6.07, 6.45) is 0.724. The van der Waals surface area contributed by atoms with Crippen LogP contribution < -0.4 is 15.2 Å². The summed E-state index contributed by atoms with van der Waals surface area (Å²) in [5.41, 5.74) is 7.73. The Morgan fingerprint density at radius 2 is 2.20 bits per heavy atom. The molecule has 2 aromatic rings. The Balaban J connectivity index is 2.19. The molecule has 0 radical (unpaired) electrons. The summed E-state index contributed by atoms with van der Waals surface area (Å²) < 4.78 is 16.3. The van der Waals surface area contributed by atoms with Crippen LogP contribution in [0.25, 0.3) is 0 Å². The van der Waals surface area contributed by atoms with Crippen LogP contribution in [-0.4, -0.2) is 18.3 Å². The van der Waals surface area contributed by atoms with Gasteiger partial charge in [0.25, 0.3) is 0 Å². The van der Waals surface area contributed by atoms with Gasteiger partial charge in [-0.25, -0.2) is 0 Å². The van der Waals surface area contributed by atoms with Gasteiger partial charge in [0.15, 0.2) is 17.3 Å². The molecule has 0 aliphatic heterocycles. The van der Waals surface area contributed by atoms with Crippen LogP contribution in [0.2, 0.25) is 0 Å². The monoisotopic (exact) mass is 276 g/mol. The lowest BCUT2D eigenvalue weighted by molar-refractivity contribution is 0.236. The van der Waals surface area contributed by atoms with E-state index in [-0.39, 0.29) is 6.04 Å². The standard InChI is InChI=1S/C15H20N2O3/c1-10(16)7-12-5-4-6-14(18-3)15(12)19-9-13-8-11(2)17-20-13/h4-6,8,10H,7,9,16H2,1-3H3. The van der Waals surface area contributed by atoms with E-state index >= 15 is 0 Å². The number of hydrogen-bond donors (Lipinski definition) is 1. The number of rotatable bonds is 6. The normalized spacial score (nSPS) is 12.2. The van der Waals surface area contributed by atoms with E-state index in [0.29, 0.717) is 23.9 Å². The van der Waals surface area contributed by atoms with Gasteiger partial charge in [-0.3, -0.25) is 0 Å². The maximum Gasteiger partial charge on any atom is 0.174 e. The molecule has 1 aromatic heterocycles. The molecule has 1 heterocycles. The molecule has 0 saturated heterocycles. The van der Waals surface area contributed by atoms with Crippen molar-refractivity contribution in [3.63, 3.8) is 0 Å². The van der Waals surface area contributed by atoms with E-state index in [0.717, 1.165) is 17.7 Å². The Labute approximate surface area is 118 Å². The zero-order valence-corrected chi connectivity index (χ0v) is 12.1. The van der Waals surface area contributed by atoms with Crippen molar-refractivity contribution in [2.75, 3.05) is 7.11 Å². The molecule has 2 N–H and O–H groups in total. The first-order chi connectivity index (χ1) is 9.60. The Bertz CT molecular complexity index is 564. The van der Waals surface area contributed by atoms with E-state index in [1.807, 2.05) is 38.1 Å². The van der Waals surface area contributed by atoms with Gasteiger partial charge in [0.05, 0.1) is 12.8 Å². The van der Waals surface area contributed by atoms with Crippen LogP contribution in [0.4, 0.5) is 0 Å². The molecule has 0 aliphatic rings. The number of ether oxygens (including phenoxy) is 2. The van der Waals surface area contributed by atoms with E-state index in [4.69, 9.17) is 19.7 Å². The van der Waals surface area contributed by atoms with E-state index in [1.54, 1.807) is 7.11 Å². The summed E-state index contributed by atoms with van der Waals surface area (Å²) in [4.78, 5) is 0. The van der Waals surface area contributed by atoms with Crippen molar-refractivity contribution < 1.29 is 14.0 Å². The molecule has 5 nitrogen and oxygen atoms in total. The van der Waals surface area contributed by atoms with Gasteiger partial charge in [-0.05, 0) is 31.9 Å². The molecule has 0 fully saturated rings. The van der Waals surface area contributed by atoms with Gasteiger partial charge in [0.2, 0.25) is 0 Å². The summed E-state index contributed by atoms with van der Waals surface area (Å²) in [5, 5.41) is 3.84. The van der Waals surface area contributed by atoms with Crippen molar-refractivity contribution in [2.24, 2.45) is 5.73 Å². The van der Waals surface area contributed by atoms with Crippen LogP contribution in [0.1, 0.15) is 23.9 Å². The van der Waals surface area contributed by atoms with E-state index < -0.39 is 0 Å². The molecule has 0 bridgehead atoms. The van der Waals surface area contributed by atoms with Crippen molar-refractivity contribution in [1.82, 2.24) is 5.16 Å². The van der Waals surface area contributed by atoms with Gasteiger partial charge in [-0.1, -0.05) is 17.3 Å². The molecule has 108 valence electrons. The Morgan fingerprint density at radius 1 is 1.40 bits per heavy atom. The molecule has 1 aromatic carbocycles. The molecule has 1 unspecified atom stereocenters. The van der Waals surface area contributed by atoms with Crippen LogP contribution in [0.3, 0.4) is 0 Å². The predicted molar refractivity (Wildman–Crippen MR) is 75.9 cm³/mol. The van der Waals surface area contributed by atoms with Crippen molar-refractivity contribution in [3.05, 3.63) is 41.3 Å². The number of para-hydroxylation sites is 1. The van der Waals surface area contributed by atoms with Crippen LogP contribution >= 0.6 is 0 Å². The number of hydrogen-bond acceptors (Lipinski definition) is 5. The number of methoxy groups -OCH3 is 1. The van der Waals surface area contributed by atoms with E-state index in [2.05, 4.69) is 5.16 Å². The molecular formula is C15H20N2O3. The molecule has 0 aliphatic carbocycles. The number of aromatic nitrogens is 1. The second-order valence-corrected chi connectivity index (χ2v) is 4.85. The fourth-order valence-corrected chi connectivity index (χ4v) is 2.02. The van der Waals surface area contributed by atoms with Crippen molar-refractivity contribution in [3.8, 4) is 11.5 Å². The lowest BCUT2D eigenvalue weighted by Gasteiger charge is -2.15. The third-order valence-electron chi connectivity index (χ3n) is 2.86. The lowest BCUT2D eigenvalue weighted by Crippen LogP contribution is -2.18. The van der Waals surface area contributed by atoms with Gasteiger partial charge in [0.1, 0.15) is 6.61 Å². The van der Waals surface area contributed by atoms with Crippen molar-refractivity contribution in [1.29, 1.82) is 0 Å².